The van der Waals surface area contributed by atoms with E-state index in [1.165, 1.54) is 12.1 Å². The van der Waals surface area contributed by atoms with Gasteiger partial charge in [-0.25, -0.2) is 0 Å². The first-order valence-corrected chi connectivity index (χ1v) is 9.94. The molecule has 1 aromatic heterocycles. The maximum atomic E-state index is 13.2. The summed E-state index contributed by atoms with van der Waals surface area (Å²) in [5.74, 6) is -0.0789. The van der Waals surface area contributed by atoms with E-state index >= 15 is 0 Å². The molecule has 8 nitrogen and oxygen atoms in total. The molecule has 2 heterocycles. The Morgan fingerprint density at radius 1 is 1.17 bits per heavy atom. The van der Waals surface area contributed by atoms with Gasteiger partial charge in [0.15, 0.2) is 0 Å². The molecule has 1 aliphatic rings. The van der Waals surface area contributed by atoms with Crippen molar-refractivity contribution in [3.63, 3.8) is 0 Å². The fourth-order valence-corrected chi connectivity index (χ4v) is 3.96. The number of unbranched alkanes of at least 4 members (excludes halogenated alkanes) is 2. The second kappa shape index (κ2) is 7.98. The molecule has 4 rings (SSSR count). The number of aromatic nitrogens is 2. The first-order chi connectivity index (χ1) is 14.5. The van der Waals surface area contributed by atoms with E-state index in [1.807, 2.05) is 0 Å². The van der Waals surface area contributed by atoms with Crippen LogP contribution in [0.5, 0.6) is 5.75 Å². The molecule has 30 heavy (non-hydrogen) atoms. The van der Waals surface area contributed by atoms with Crippen LogP contribution in [0.1, 0.15) is 53.8 Å². The van der Waals surface area contributed by atoms with Gasteiger partial charge in [-0.3, -0.25) is 20.0 Å². The van der Waals surface area contributed by atoms with Crippen molar-refractivity contribution < 1.29 is 14.8 Å². The van der Waals surface area contributed by atoms with Gasteiger partial charge in [0, 0.05) is 29.8 Å². The summed E-state index contributed by atoms with van der Waals surface area (Å²) in [4.78, 5) is 25.6. The fourth-order valence-electron chi connectivity index (χ4n) is 3.96. The van der Waals surface area contributed by atoms with Gasteiger partial charge in [0.2, 0.25) is 0 Å². The molecule has 0 bridgehead atoms. The van der Waals surface area contributed by atoms with Crippen LogP contribution in [0.15, 0.2) is 48.5 Å². The van der Waals surface area contributed by atoms with Gasteiger partial charge < -0.3 is 10.0 Å². The number of carbonyl (C=O) groups excluding carboxylic acids is 1. The number of nitro benzene ring substituents is 1. The standard InChI is InChI=1S/C22H22N4O4/c1-2-3-6-13-25-21(14-9-11-15(12-10-14)26(29)30)18-19(23-24-20(18)22(25)28)16-7-4-5-8-17(16)27/h4-5,7-12,21,27H,2-3,6,13H2,1H3,(H,23,24). The Labute approximate surface area is 173 Å². The number of phenolic OH excluding ortho intramolecular Hbond substituents is 1. The van der Waals surface area contributed by atoms with Gasteiger partial charge in [0.1, 0.15) is 17.1 Å². The minimum atomic E-state index is -0.445. The van der Waals surface area contributed by atoms with Crippen molar-refractivity contribution >= 4 is 11.6 Å². The van der Waals surface area contributed by atoms with Crippen molar-refractivity contribution in [2.24, 2.45) is 0 Å². The molecule has 0 radical (unpaired) electrons. The van der Waals surface area contributed by atoms with E-state index in [0.29, 0.717) is 29.1 Å². The van der Waals surface area contributed by atoms with Crippen LogP contribution in [-0.4, -0.2) is 37.6 Å². The number of nitrogens with one attached hydrogen (secondary N) is 1. The number of nitro groups is 1. The van der Waals surface area contributed by atoms with Crippen LogP contribution < -0.4 is 0 Å². The molecule has 0 fully saturated rings. The molecular weight excluding hydrogens is 384 g/mol. The summed E-state index contributed by atoms with van der Waals surface area (Å²) in [6.07, 6.45) is 2.88. The van der Waals surface area contributed by atoms with Crippen molar-refractivity contribution in [3.8, 4) is 17.0 Å². The summed E-state index contributed by atoms with van der Waals surface area (Å²) in [6.45, 7) is 2.67. The monoisotopic (exact) mass is 406 g/mol. The predicted octanol–water partition coefficient (Wildman–Crippen LogP) is 4.43. The van der Waals surface area contributed by atoms with E-state index < -0.39 is 11.0 Å². The number of fused-ring (bicyclic) bond motifs is 1. The van der Waals surface area contributed by atoms with Crippen LogP contribution in [0, 0.1) is 10.1 Å². The molecule has 1 atom stereocenters. The lowest BCUT2D eigenvalue weighted by molar-refractivity contribution is -0.384. The SMILES string of the molecule is CCCCCN1C(=O)c2[nH]nc(-c3ccccc3O)c2C1c1ccc([N+](=O)[O-])cc1. The van der Waals surface area contributed by atoms with Gasteiger partial charge >= 0.3 is 0 Å². The number of para-hydroxylation sites is 1. The number of aromatic hydroxyl groups is 1. The molecule has 0 aliphatic carbocycles. The van der Waals surface area contributed by atoms with Gasteiger partial charge in [0.05, 0.1) is 11.0 Å². The minimum Gasteiger partial charge on any atom is -0.507 e. The number of non-ortho nitro benzene ring substituents is 1. The van der Waals surface area contributed by atoms with E-state index in [-0.39, 0.29) is 17.3 Å². The Hall–Kier alpha value is -3.68. The highest BCUT2D eigenvalue weighted by molar-refractivity contribution is 6.00. The number of rotatable bonds is 7. The van der Waals surface area contributed by atoms with E-state index in [9.17, 15) is 20.0 Å². The molecule has 2 aromatic carbocycles. The van der Waals surface area contributed by atoms with Crippen molar-refractivity contribution in [3.05, 3.63) is 75.5 Å². The van der Waals surface area contributed by atoms with Gasteiger partial charge in [-0.15, -0.1) is 0 Å². The highest BCUT2D eigenvalue weighted by Gasteiger charge is 2.42. The van der Waals surface area contributed by atoms with Crippen molar-refractivity contribution in [1.29, 1.82) is 0 Å². The van der Waals surface area contributed by atoms with E-state index in [4.69, 9.17) is 0 Å². The van der Waals surface area contributed by atoms with Gasteiger partial charge in [-0.05, 0) is 36.2 Å². The smallest absolute Gasteiger partial charge is 0.273 e. The third kappa shape index (κ3) is 3.30. The summed E-state index contributed by atoms with van der Waals surface area (Å²) in [5, 5.41) is 28.6. The number of amides is 1. The lowest BCUT2D eigenvalue weighted by Gasteiger charge is -2.26. The number of phenols is 1. The van der Waals surface area contributed by atoms with Gasteiger partial charge in [-0.2, -0.15) is 5.10 Å². The summed E-state index contributed by atoms with van der Waals surface area (Å²) >= 11 is 0. The number of hydrogen-bond acceptors (Lipinski definition) is 5. The molecule has 1 aliphatic heterocycles. The molecule has 0 spiro atoms. The lowest BCUT2D eigenvalue weighted by Crippen LogP contribution is -2.30. The van der Waals surface area contributed by atoms with E-state index in [1.54, 1.807) is 41.3 Å². The number of carbonyl (C=O) groups is 1. The second-order valence-corrected chi connectivity index (χ2v) is 7.33. The first kappa shape index (κ1) is 19.6. The fraction of sp³-hybridized carbons (Fsp3) is 0.273. The lowest BCUT2D eigenvalue weighted by atomic mass is 9.95. The molecule has 8 heteroatoms. The van der Waals surface area contributed by atoms with Crippen LogP contribution in [0.4, 0.5) is 5.69 Å². The number of aromatic amines is 1. The Kier molecular flexibility index (Phi) is 5.22. The Morgan fingerprint density at radius 3 is 2.57 bits per heavy atom. The predicted molar refractivity (Wildman–Crippen MR) is 111 cm³/mol. The summed E-state index contributed by atoms with van der Waals surface area (Å²) < 4.78 is 0. The quantitative estimate of drug-likeness (QED) is 0.342. The number of benzene rings is 2. The van der Waals surface area contributed by atoms with Crippen LogP contribution in [0.25, 0.3) is 11.3 Å². The molecule has 0 saturated heterocycles. The molecule has 2 N–H and O–H groups in total. The zero-order valence-corrected chi connectivity index (χ0v) is 16.5. The average Bonchev–Trinajstić information content (AvgIpc) is 3.28. The number of nitrogens with zero attached hydrogens (tertiary/aromatic N) is 3. The Balaban J connectivity index is 1.82. The van der Waals surface area contributed by atoms with E-state index in [0.717, 1.165) is 24.8 Å². The third-order valence-corrected chi connectivity index (χ3v) is 5.45. The van der Waals surface area contributed by atoms with Crippen LogP contribution >= 0.6 is 0 Å². The maximum Gasteiger partial charge on any atom is 0.273 e. The van der Waals surface area contributed by atoms with Crippen molar-refractivity contribution in [2.75, 3.05) is 6.54 Å². The van der Waals surface area contributed by atoms with E-state index in [2.05, 4.69) is 17.1 Å². The molecule has 0 saturated carbocycles. The first-order valence-electron chi connectivity index (χ1n) is 9.94. The number of hydrogen-bond donors (Lipinski definition) is 2. The van der Waals surface area contributed by atoms with Crippen LogP contribution in [0.2, 0.25) is 0 Å². The van der Waals surface area contributed by atoms with Crippen LogP contribution in [-0.2, 0) is 0 Å². The molecule has 1 unspecified atom stereocenters. The van der Waals surface area contributed by atoms with Crippen molar-refractivity contribution in [1.82, 2.24) is 15.1 Å². The molecule has 3 aromatic rings. The second-order valence-electron chi connectivity index (χ2n) is 7.33. The largest absolute Gasteiger partial charge is 0.507 e. The maximum absolute atomic E-state index is 13.2. The normalized spacial score (nSPS) is 15.4. The highest BCUT2D eigenvalue weighted by Crippen LogP contribution is 2.44. The van der Waals surface area contributed by atoms with Gasteiger partial charge in [0.25, 0.3) is 11.6 Å². The third-order valence-electron chi connectivity index (χ3n) is 5.45. The zero-order chi connectivity index (χ0) is 21.3. The van der Waals surface area contributed by atoms with Crippen LogP contribution in [0.3, 0.4) is 0 Å². The molecule has 154 valence electrons. The number of H-pyrrole nitrogens is 1. The average molecular weight is 406 g/mol. The van der Waals surface area contributed by atoms with Gasteiger partial charge in [-0.1, -0.05) is 31.9 Å². The molecular formula is C22H22N4O4. The minimum absolute atomic E-state index is 0.00560. The summed E-state index contributed by atoms with van der Waals surface area (Å²) in [5.41, 5.74) is 2.89. The van der Waals surface area contributed by atoms with Crippen molar-refractivity contribution in [2.45, 2.75) is 32.2 Å². The Bertz CT molecular complexity index is 1090. The zero-order valence-electron chi connectivity index (χ0n) is 16.5. The topological polar surface area (TPSA) is 112 Å². The highest BCUT2D eigenvalue weighted by atomic mass is 16.6. The summed E-state index contributed by atoms with van der Waals surface area (Å²) in [7, 11) is 0. The summed E-state index contributed by atoms with van der Waals surface area (Å²) in [6, 6.07) is 12.7. The molecule has 1 amide bonds. The Morgan fingerprint density at radius 2 is 1.90 bits per heavy atom.